The van der Waals surface area contributed by atoms with E-state index in [1.807, 2.05) is 13.8 Å². The highest BCUT2D eigenvalue weighted by atomic mass is 19.4. The van der Waals surface area contributed by atoms with Crippen molar-refractivity contribution < 1.29 is 18.3 Å². The van der Waals surface area contributed by atoms with Gasteiger partial charge in [0.25, 0.3) is 0 Å². The summed E-state index contributed by atoms with van der Waals surface area (Å²) in [4.78, 5) is 6.75. The van der Waals surface area contributed by atoms with Crippen molar-refractivity contribution in [3.63, 3.8) is 0 Å². The molecule has 0 aliphatic carbocycles. The number of aromatic nitrogens is 2. The molecule has 0 fully saturated rings. The lowest BCUT2D eigenvalue weighted by atomic mass is 10.1. The van der Waals surface area contributed by atoms with Crippen molar-refractivity contribution in [3.8, 4) is 0 Å². The molecule has 0 saturated heterocycles. The summed E-state index contributed by atoms with van der Waals surface area (Å²) in [6.07, 6.45) is -4.69. The predicted molar refractivity (Wildman–Crippen MR) is 70.5 cm³/mol. The van der Waals surface area contributed by atoms with E-state index in [2.05, 4.69) is 20.6 Å². The maximum atomic E-state index is 12.6. The van der Waals surface area contributed by atoms with Gasteiger partial charge >= 0.3 is 6.18 Å². The average Bonchev–Trinajstić information content (AvgIpc) is 2.34. The normalized spacial score (nSPS) is 13.4. The minimum atomic E-state index is -4.61. The van der Waals surface area contributed by atoms with E-state index >= 15 is 0 Å². The van der Waals surface area contributed by atoms with Crippen LogP contribution in [-0.2, 0) is 6.18 Å². The first-order chi connectivity index (χ1) is 9.22. The van der Waals surface area contributed by atoms with Crippen LogP contribution >= 0.6 is 0 Å². The second-order valence-electron chi connectivity index (χ2n) is 4.87. The first-order valence-corrected chi connectivity index (χ1v) is 6.28. The molecule has 0 amide bonds. The van der Waals surface area contributed by atoms with E-state index in [9.17, 15) is 18.3 Å². The standard InChI is InChI=1S/C12H19F3N4O/c1-7(2)4-8(20)6-17-10-5-9(16-3)18-11(19-10)12(13,14)15/h5,7-8,20H,4,6H2,1-3H3,(H2,16,17,18,19). The maximum Gasteiger partial charge on any atom is 0.451 e. The summed E-state index contributed by atoms with van der Waals surface area (Å²) in [6.45, 7) is 4.04. The van der Waals surface area contributed by atoms with Crippen LogP contribution in [-0.4, -0.2) is 34.8 Å². The lowest BCUT2D eigenvalue weighted by Crippen LogP contribution is -2.22. The third-order valence-corrected chi connectivity index (χ3v) is 2.50. The number of alkyl halides is 3. The highest BCUT2D eigenvalue weighted by molar-refractivity contribution is 5.47. The fourth-order valence-corrected chi connectivity index (χ4v) is 1.64. The largest absolute Gasteiger partial charge is 0.451 e. The van der Waals surface area contributed by atoms with Gasteiger partial charge in [0.15, 0.2) is 0 Å². The van der Waals surface area contributed by atoms with Gasteiger partial charge in [-0.25, -0.2) is 9.97 Å². The van der Waals surface area contributed by atoms with Crippen molar-refractivity contribution in [2.24, 2.45) is 5.92 Å². The molecule has 0 saturated carbocycles. The van der Waals surface area contributed by atoms with E-state index in [1.165, 1.54) is 13.1 Å². The summed E-state index contributed by atoms with van der Waals surface area (Å²) in [5, 5.41) is 14.9. The van der Waals surface area contributed by atoms with E-state index in [-0.39, 0.29) is 18.2 Å². The number of rotatable bonds is 6. The number of anilines is 2. The Hall–Kier alpha value is -1.57. The smallest absolute Gasteiger partial charge is 0.391 e. The zero-order chi connectivity index (χ0) is 15.3. The molecule has 0 aromatic carbocycles. The van der Waals surface area contributed by atoms with Crippen molar-refractivity contribution in [2.75, 3.05) is 24.2 Å². The van der Waals surface area contributed by atoms with Crippen LogP contribution in [0.25, 0.3) is 0 Å². The SMILES string of the molecule is CNc1cc(NCC(O)CC(C)C)nc(C(F)(F)F)n1. The average molecular weight is 292 g/mol. The van der Waals surface area contributed by atoms with Crippen molar-refractivity contribution >= 4 is 11.6 Å². The molecule has 0 bridgehead atoms. The van der Waals surface area contributed by atoms with E-state index in [4.69, 9.17) is 0 Å². The Balaban J connectivity index is 2.79. The minimum Gasteiger partial charge on any atom is -0.391 e. The quantitative estimate of drug-likeness (QED) is 0.751. The van der Waals surface area contributed by atoms with Gasteiger partial charge in [-0.15, -0.1) is 0 Å². The molecule has 1 atom stereocenters. The summed E-state index contributed by atoms with van der Waals surface area (Å²) < 4.78 is 37.9. The molecular weight excluding hydrogens is 273 g/mol. The molecule has 0 radical (unpaired) electrons. The molecule has 0 aliphatic heterocycles. The van der Waals surface area contributed by atoms with Gasteiger partial charge < -0.3 is 15.7 Å². The molecule has 1 unspecified atom stereocenters. The topological polar surface area (TPSA) is 70.1 Å². The van der Waals surface area contributed by atoms with E-state index in [0.29, 0.717) is 12.3 Å². The van der Waals surface area contributed by atoms with Gasteiger partial charge in [0.1, 0.15) is 11.6 Å². The van der Waals surface area contributed by atoms with Crippen molar-refractivity contribution in [3.05, 3.63) is 11.9 Å². The number of hydrogen-bond donors (Lipinski definition) is 3. The molecular formula is C12H19F3N4O. The summed E-state index contributed by atoms with van der Waals surface area (Å²) in [5.41, 5.74) is 0. The lowest BCUT2D eigenvalue weighted by molar-refractivity contribution is -0.144. The second-order valence-corrected chi connectivity index (χ2v) is 4.87. The maximum absolute atomic E-state index is 12.6. The summed E-state index contributed by atoms with van der Waals surface area (Å²) in [7, 11) is 1.47. The molecule has 0 aliphatic rings. The van der Waals surface area contributed by atoms with Crippen molar-refractivity contribution in [1.82, 2.24) is 9.97 Å². The lowest BCUT2D eigenvalue weighted by Gasteiger charge is -2.15. The Morgan fingerprint density at radius 2 is 1.85 bits per heavy atom. The fourth-order valence-electron chi connectivity index (χ4n) is 1.64. The molecule has 1 rings (SSSR count). The summed E-state index contributed by atoms with van der Waals surface area (Å²) >= 11 is 0. The van der Waals surface area contributed by atoms with Gasteiger partial charge in [-0.1, -0.05) is 13.8 Å². The van der Waals surface area contributed by atoms with Crippen LogP contribution in [0.3, 0.4) is 0 Å². The van der Waals surface area contributed by atoms with Crippen LogP contribution in [0.1, 0.15) is 26.1 Å². The van der Waals surface area contributed by atoms with Crippen LogP contribution in [0.4, 0.5) is 24.8 Å². The van der Waals surface area contributed by atoms with Crippen LogP contribution in [0.2, 0.25) is 0 Å². The summed E-state index contributed by atoms with van der Waals surface area (Å²) in [5.74, 6) is -0.825. The Labute approximate surface area is 115 Å². The monoisotopic (exact) mass is 292 g/mol. The third-order valence-electron chi connectivity index (χ3n) is 2.50. The Morgan fingerprint density at radius 3 is 2.35 bits per heavy atom. The third kappa shape index (κ3) is 5.20. The first kappa shape index (κ1) is 16.5. The molecule has 1 heterocycles. The Bertz CT molecular complexity index is 437. The fraction of sp³-hybridized carbons (Fsp3) is 0.667. The predicted octanol–water partition coefficient (Wildman–Crippen LogP) is 2.36. The van der Waals surface area contributed by atoms with Gasteiger partial charge in [-0.05, 0) is 12.3 Å². The van der Waals surface area contributed by atoms with Gasteiger partial charge in [-0.3, -0.25) is 0 Å². The van der Waals surface area contributed by atoms with E-state index in [1.54, 1.807) is 0 Å². The highest BCUT2D eigenvalue weighted by Gasteiger charge is 2.35. The Kier molecular flexibility index (Phi) is 5.55. The van der Waals surface area contributed by atoms with E-state index < -0.39 is 18.1 Å². The van der Waals surface area contributed by atoms with Gasteiger partial charge in [0.05, 0.1) is 6.10 Å². The number of halogens is 3. The zero-order valence-corrected chi connectivity index (χ0v) is 11.6. The van der Waals surface area contributed by atoms with Gasteiger partial charge in [0, 0.05) is 19.7 Å². The molecule has 1 aromatic rings. The van der Waals surface area contributed by atoms with Crippen LogP contribution in [0.15, 0.2) is 6.07 Å². The number of nitrogens with zero attached hydrogens (tertiary/aromatic N) is 2. The van der Waals surface area contributed by atoms with Crippen LogP contribution in [0.5, 0.6) is 0 Å². The highest BCUT2D eigenvalue weighted by Crippen LogP contribution is 2.28. The molecule has 114 valence electrons. The molecule has 20 heavy (non-hydrogen) atoms. The van der Waals surface area contributed by atoms with Crippen molar-refractivity contribution in [1.29, 1.82) is 0 Å². The van der Waals surface area contributed by atoms with Crippen LogP contribution in [0, 0.1) is 5.92 Å². The minimum absolute atomic E-state index is 0.0273. The summed E-state index contributed by atoms with van der Waals surface area (Å²) in [6, 6.07) is 1.36. The molecule has 0 spiro atoms. The number of nitrogens with one attached hydrogen (secondary N) is 2. The first-order valence-electron chi connectivity index (χ1n) is 6.28. The van der Waals surface area contributed by atoms with Gasteiger partial charge in [0.2, 0.25) is 5.82 Å². The zero-order valence-electron chi connectivity index (χ0n) is 11.6. The number of hydrogen-bond acceptors (Lipinski definition) is 5. The van der Waals surface area contributed by atoms with E-state index in [0.717, 1.165) is 0 Å². The molecule has 1 aromatic heterocycles. The van der Waals surface area contributed by atoms with Gasteiger partial charge in [-0.2, -0.15) is 13.2 Å². The molecule has 5 nitrogen and oxygen atoms in total. The number of aliphatic hydroxyl groups is 1. The second kappa shape index (κ2) is 6.74. The Morgan fingerprint density at radius 1 is 1.25 bits per heavy atom. The van der Waals surface area contributed by atoms with Crippen molar-refractivity contribution in [2.45, 2.75) is 32.5 Å². The molecule has 8 heteroatoms. The van der Waals surface area contributed by atoms with Crippen LogP contribution < -0.4 is 10.6 Å². The number of aliphatic hydroxyl groups excluding tert-OH is 1. The molecule has 3 N–H and O–H groups in total.